The van der Waals surface area contributed by atoms with Gasteiger partial charge >= 0.3 is 0 Å². The third-order valence-electron chi connectivity index (χ3n) is 4.02. The van der Waals surface area contributed by atoms with Crippen LogP contribution < -0.4 is 10.1 Å². The van der Waals surface area contributed by atoms with Crippen LogP contribution >= 0.6 is 0 Å². The Bertz CT molecular complexity index is 444. The Morgan fingerprint density at radius 1 is 1.38 bits per heavy atom. The van der Waals surface area contributed by atoms with Gasteiger partial charge < -0.3 is 15.2 Å². The second kappa shape index (κ2) is 8.03. The van der Waals surface area contributed by atoms with Crippen molar-refractivity contribution in [2.75, 3.05) is 13.7 Å². The highest BCUT2D eigenvalue weighted by Crippen LogP contribution is 2.18. The molecule has 2 atom stereocenters. The lowest BCUT2D eigenvalue weighted by Gasteiger charge is -2.30. The average Bonchev–Trinajstić information content (AvgIpc) is 2.48. The average molecular weight is 293 g/mol. The van der Waals surface area contributed by atoms with Crippen LogP contribution in [0.15, 0.2) is 24.3 Å². The molecule has 0 fully saturated rings. The molecule has 21 heavy (non-hydrogen) atoms. The van der Waals surface area contributed by atoms with Gasteiger partial charge in [0.15, 0.2) is 0 Å². The van der Waals surface area contributed by atoms with Gasteiger partial charge in [0, 0.05) is 18.1 Å². The molecule has 1 aromatic carbocycles. The van der Waals surface area contributed by atoms with Crippen molar-refractivity contribution in [3.05, 3.63) is 29.8 Å². The molecule has 2 unspecified atom stereocenters. The number of carbonyl (C=O) groups is 1. The first-order valence-electron chi connectivity index (χ1n) is 7.50. The maximum absolute atomic E-state index is 12.3. The fourth-order valence-electron chi connectivity index (χ4n) is 2.20. The van der Waals surface area contributed by atoms with Crippen LogP contribution in [0.4, 0.5) is 0 Å². The summed E-state index contributed by atoms with van der Waals surface area (Å²) >= 11 is 0. The molecule has 0 radical (unpaired) electrons. The van der Waals surface area contributed by atoms with Crippen LogP contribution in [0.3, 0.4) is 0 Å². The molecular formula is C17H27NO3. The third kappa shape index (κ3) is 5.38. The predicted octanol–water partition coefficient (Wildman–Crippen LogP) is 2.54. The number of methoxy groups -OCH3 is 1. The van der Waals surface area contributed by atoms with Crippen LogP contribution in [0, 0.1) is 5.92 Å². The Labute approximate surface area is 127 Å². The molecule has 0 saturated heterocycles. The molecule has 0 saturated carbocycles. The van der Waals surface area contributed by atoms with E-state index in [1.54, 1.807) is 7.11 Å². The highest BCUT2D eigenvalue weighted by molar-refractivity contribution is 5.79. The van der Waals surface area contributed by atoms with E-state index in [-0.39, 0.29) is 24.0 Å². The normalized spacial score (nSPS) is 15.1. The van der Waals surface area contributed by atoms with E-state index in [2.05, 4.69) is 5.32 Å². The van der Waals surface area contributed by atoms with E-state index in [9.17, 15) is 4.79 Å². The summed E-state index contributed by atoms with van der Waals surface area (Å²) in [6.07, 6.45) is 2.06. The van der Waals surface area contributed by atoms with Crippen LogP contribution in [0.2, 0.25) is 0 Å². The number of rotatable bonds is 8. The molecule has 1 amide bonds. The van der Waals surface area contributed by atoms with E-state index < -0.39 is 0 Å². The van der Waals surface area contributed by atoms with Crippen molar-refractivity contribution in [1.29, 1.82) is 0 Å². The van der Waals surface area contributed by atoms with Gasteiger partial charge in [0.05, 0.1) is 7.11 Å². The quantitative estimate of drug-likeness (QED) is 0.774. The molecule has 0 bridgehead atoms. The number of aliphatic hydroxyl groups excluding tert-OH is 1. The summed E-state index contributed by atoms with van der Waals surface area (Å²) in [5.74, 6) is 0.740. The number of ether oxygens (including phenoxy) is 1. The fraction of sp³-hybridized carbons (Fsp3) is 0.588. The third-order valence-corrected chi connectivity index (χ3v) is 4.02. The van der Waals surface area contributed by atoms with E-state index in [0.29, 0.717) is 12.8 Å². The molecule has 4 heteroatoms. The van der Waals surface area contributed by atoms with Crippen LogP contribution in [0.25, 0.3) is 0 Å². The van der Waals surface area contributed by atoms with Gasteiger partial charge in [0.2, 0.25) is 5.91 Å². The molecule has 2 N–H and O–H groups in total. The molecule has 118 valence electrons. The largest absolute Gasteiger partial charge is 0.497 e. The van der Waals surface area contributed by atoms with Gasteiger partial charge in [-0.2, -0.15) is 0 Å². The molecule has 0 aliphatic heterocycles. The van der Waals surface area contributed by atoms with Gasteiger partial charge in [-0.1, -0.05) is 26.0 Å². The molecule has 0 aromatic heterocycles. The fourth-order valence-corrected chi connectivity index (χ4v) is 2.20. The van der Waals surface area contributed by atoms with Crippen molar-refractivity contribution in [3.63, 3.8) is 0 Å². The zero-order valence-electron chi connectivity index (χ0n) is 13.5. The second-order valence-electron chi connectivity index (χ2n) is 5.83. The first kappa shape index (κ1) is 17.5. The minimum Gasteiger partial charge on any atom is -0.497 e. The minimum absolute atomic E-state index is 0.0311. The van der Waals surface area contributed by atoms with E-state index in [0.717, 1.165) is 17.7 Å². The van der Waals surface area contributed by atoms with Crippen molar-refractivity contribution in [1.82, 2.24) is 5.32 Å². The summed E-state index contributed by atoms with van der Waals surface area (Å²) in [5, 5.41) is 12.2. The van der Waals surface area contributed by atoms with E-state index in [1.807, 2.05) is 45.0 Å². The smallest absolute Gasteiger partial charge is 0.223 e. The predicted molar refractivity (Wildman–Crippen MR) is 84.4 cm³/mol. The summed E-state index contributed by atoms with van der Waals surface area (Å²) in [7, 11) is 1.64. The summed E-state index contributed by atoms with van der Waals surface area (Å²) in [6, 6.07) is 7.77. The van der Waals surface area contributed by atoms with Gasteiger partial charge in [0.25, 0.3) is 0 Å². The van der Waals surface area contributed by atoms with Crippen molar-refractivity contribution in [3.8, 4) is 5.75 Å². The Morgan fingerprint density at radius 2 is 2.00 bits per heavy atom. The lowest BCUT2D eigenvalue weighted by atomic mass is 9.92. The lowest BCUT2D eigenvalue weighted by Crippen LogP contribution is -2.48. The Hall–Kier alpha value is -1.55. The van der Waals surface area contributed by atoms with Crippen molar-refractivity contribution < 1.29 is 14.6 Å². The van der Waals surface area contributed by atoms with Gasteiger partial charge in [-0.3, -0.25) is 4.79 Å². The maximum atomic E-state index is 12.3. The Morgan fingerprint density at radius 3 is 2.48 bits per heavy atom. The van der Waals surface area contributed by atoms with Crippen LogP contribution in [0.5, 0.6) is 5.75 Å². The molecule has 0 heterocycles. The summed E-state index contributed by atoms with van der Waals surface area (Å²) in [6.45, 7) is 6.00. The Kier molecular flexibility index (Phi) is 6.69. The molecule has 0 aliphatic carbocycles. The highest BCUT2D eigenvalue weighted by atomic mass is 16.5. The Balaban J connectivity index is 2.61. The van der Waals surface area contributed by atoms with Gasteiger partial charge in [-0.05, 0) is 43.9 Å². The van der Waals surface area contributed by atoms with E-state index >= 15 is 0 Å². The zero-order chi connectivity index (χ0) is 15.9. The molecule has 4 nitrogen and oxygen atoms in total. The number of amides is 1. The van der Waals surface area contributed by atoms with Crippen LogP contribution in [0.1, 0.15) is 39.2 Å². The number of nitrogens with one attached hydrogen (secondary N) is 1. The number of carbonyl (C=O) groups excluding carboxylic acids is 1. The SMILES string of the molecule is CCC(C)(CCO)NC(=O)C(C)Cc1ccc(OC)cc1. The highest BCUT2D eigenvalue weighted by Gasteiger charge is 2.26. The lowest BCUT2D eigenvalue weighted by molar-refractivity contribution is -0.126. The van der Waals surface area contributed by atoms with Crippen LogP contribution in [-0.4, -0.2) is 30.3 Å². The maximum Gasteiger partial charge on any atom is 0.223 e. The van der Waals surface area contributed by atoms with E-state index in [4.69, 9.17) is 9.84 Å². The van der Waals surface area contributed by atoms with Crippen molar-refractivity contribution in [2.24, 2.45) is 5.92 Å². The summed E-state index contributed by atoms with van der Waals surface area (Å²) < 4.78 is 5.13. The molecule has 0 aliphatic rings. The summed E-state index contributed by atoms with van der Waals surface area (Å²) in [4.78, 5) is 12.3. The zero-order valence-corrected chi connectivity index (χ0v) is 13.5. The minimum atomic E-state index is -0.333. The molecule has 1 rings (SSSR count). The second-order valence-corrected chi connectivity index (χ2v) is 5.83. The number of hydrogen-bond acceptors (Lipinski definition) is 3. The first-order chi connectivity index (χ1) is 9.94. The summed E-state index contributed by atoms with van der Waals surface area (Å²) in [5.41, 5.74) is 0.777. The van der Waals surface area contributed by atoms with Crippen molar-refractivity contribution in [2.45, 2.75) is 45.6 Å². The number of hydrogen-bond donors (Lipinski definition) is 2. The van der Waals surface area contributed by atoms with Gasteiger partial charge in [-0.25, -0.2) is 0 Å². The standard InChI is InChI=1S/C17H27NO3/c1-5-17(3,10-11-19)18-16(20)13(2)12-14-6-8-15(21-4)9-7-14/h6-9,13,19H,5,10-12H2,1-4H3,(H,18,20). The van der Waals surface area contributed by atoms with Crippen molar-refractivity contribution >= 4 is 5.91 Å². The molecule has 0 spiro atoms. The number of benzene rings is 1. The van der Waals surface area contributed by atoms with E-state index in [1.165, 1.54) is 0 Å². The van der Waals surface area contributed by atoms with Gasteiger partial charge in [-0.15, -0.1) is 0 Å². The number of aliphatic hydroxyl groups is 1. The molecular weight excluding hydrogens is 266 g/mol. The van der Waals surface area contributed by atoms with Crippen LogP contribution in [-0.2, 0) is 11.2 Å². The topological polar surface area (TPSA) is 58.6 Å². The molecule has 1 aromatic rings. The van der Waals surface area contributed by atoms with Gasteiger partial charge in [0.1, 0.15) is 5.75 Å². The monoisotopic (exact) mass is 293 g/mol. The first-order valence-corrected chi connectivity index (χ1v) is 7.50.